The summed E-state index contributed by atoms with van der Waals surface area (Å²) in [5.41, 5.74) is 0. The summed E-state index contributed by atoms with van der Waals surface area (Å²) in [6.07, 6.45) is 3.21. The molecule has 2 heterocycles. The molecule has 0 saturated carbocycles. The molecule has 0 spiro atoms. The molecule has 73 valence electrons. The molecule has 0 aromatic heterocycles. The highest BCUT2D eigenvalue weighted by Gasteiger charge is 2.27. The Balaban J connectivity index is 1.92. The smallest absolute Gasteiger partial charge is 0.320 e. The average molecular weight is 182 g/mol. The van der Waals surface area contributed by atoms with Crippen LogP contribution in [0.1, 0.15) is 19.3 Å². The van der Waals surface area contributed by atoms with Crippen molar-refractivity contribution < 1.29 is 4.79 Å². The van der Waals surface area contributed by atoms with Crippen molar-refractivity contribution in [3.63, 3.8) is 0 Å². The highest BCUT2D eigenvalue weighted by Crippen LogP contribution is 2.14. The molecule has 0 aromatic rings. The molecular weight excluding hydrogens is 166 g/mol. The summed E-state index contributed by atoms with van der Waals surface area (Å²) in [4.78, 5) is 13.4. The molecule has 0 atom stereocenters. The van der Waals surface area contributed by atoms with E-state index >= 15 is 0 Å². The van der Waals surface area contributed by atoms with Gasteiger partial charge in [-0.3, -0.25) is 0 Å². The SMILES string of the molecule is O=C1[N]CCCN1C1CCNCC1. The molecule has 2 amide bonds. The first-order valence-corrected chi connectivity index (χ1v) is 5.07. The number of amides is 2. The summed E-state index contributed by atoms with van der Waals surface area (Å²) in [5.74, 6) is 0. The number of urea groups is 1. The van der Waals surface area contributed by atoms with E-state index in [0.717, 1.165) is 45.4 Å². The van der Waals surface area contributed by atoms with Gasteiger partial charge in [-0.25, -0.2) is 10.1 Å². The molecule has 1 N–H and O–H groups in total. The Labute approximate surface area is 78.7 Å². The predicted octanol–water partition coefficient (Wildman–Crippen LogP) is 0.169. The lowest BCUT2D eigenvalue weighted by Crippen LogP contribution is -2.51. The Hall–Kier alpha value is -0.770. The summed E-state index contributed by atoms with van der Waals surface area (Å²) in [5, 5.41) is 7.25. The highest BCUT2D eigenvalue weighted by atomic mass is 16.2. The highest BCUT2D eigenvalue weighted by molar-refractivity contribution is 5.74. The van der Waals surface area contributed by atoms with E-state index in [1.165, 1.54) is 0 Å². The van der Waals surface area contributed by atoms with Crippen LogP contribution in [0.25, 0.3) is 0 Å². The third-order valence-corrected chi connectivity index (χ3v) is 2.80. The fourth-order valence-corrected chi connectivity index (χ4v) is 2.06. The van der Waals surface area contributed by atoms with Gasteiger partial charge in [-0.15, -0.1) is 0 Å². The van der Waals surface area contributed by atoms with E-state index in [2.05, 4.69) is 10.6 Å². The lowest BCUT2D eigenvalue weighted by atomic mass is 10.0. The van der Waals surface area contributed by atoms with Crippen LogP contribution in [-0.2, 0) is 0 Å². The van der Waals surface area contributed by atoms with Crippen molar-refractivity contribution in [2.45, 2.75) is 25.3 Å². The van der Waals surface area contributed by atoms with Gasteiger partial charge in [0.05, 0.1) is 0 Å². The lowest BCUT2D eigenvalue weighted by Gasteiger charge is -2.36. The van der Waals surface area contributed by atoms with E-state index in [0.29, 0.717) is 6.04 Å². The second-order valence-corrected chi connectivity index (χ2v) is 3.69. The zero-order valence-corrected chi connectivity index (χ0v) is 7.83. The molecule has 2 rings (SSSR count). The number of hydrogen-bond donors (Lipinski definition) is 1. The van der Waals surface area contributed by atoms with Crippen LogP contribution in [0.15, 0.2) is 0 Å². The number of carbonyl (C=O) groups excluding carboxylic acids is 1. The number of hydrogen-bond acceptors (Lipinski definition) is 2. The Morgan fingerprint density at radius 1 is 1.38 bits per heavy atom. The van der Waals surface area contributed by atoms with Crippen molar-refractivity contribution in [3.8, 4) is 0 Å². The van der Waals surface area contributed by atoms with Gasteiger partial charge in [0.15, 0.2) is 0 Å². The van der Waals surface area contributed by atoms with Crippen molar-refractivity contribution in [2.24, 2.45) is 0 Å². The zero-order chi connectivity index (χ0) is 9.10. The number of rotatable bonds is 1. The topological polar surface area (TPSA) is 46.4 Å². The van der Waals surface area contributed by atoms with Crippen LogP contribution < -0.4 is 10.6 Å². The molecule has 2 fully saturated rings. The Kier molecular flexibility index (Phi) is 2.68. The molecule has 1 radical (unpaired) electrons. The van der Waals surface area contributed by atoms with Gasteiger partial charge in [0.1, 0.15) is 0 Å². The monoisotopic (exact) mass is 182 g/mol. The quantitative estimate of drug-likeness (QED) is 0.628. The van der Waals surface area contributed by atoms with Gasteiger partial charge in [-0.1, -0.05) is 0 Å². The van der Waals surface area contributed by atoms with Crippen LogP contribution in [0.5, 0.6) is 0 Å². The first-order valence-electron chi connectivity index (χ1n) is 5.07. The summed E-state index contributed by atoms with van der Waals surface area (Å²) >= 11 is 0. The number of carbonyl (C=O) groups is 1. The Morgan fingerprint density at radius 3 is 2.85 bits per heavy atom. The molecule has 2 saturated heterocycles. The second kappa shape index (κ2) is 3.96. The predicted molar refractivity (Wildman–Crippen MR) is 49.6 cm³/mol. The Morgan fingerprint density at radius 2 is 2.15 bits per heavy atom. The normalized spacial score (nSPS) is 25.8. The van der Waals surface area contributed by atoms with Gasteiger partial charge in [-0.05, 0) is 32.4 Å². The molecule has 2 aliphatic heterocycles. The van der Waals surface area contributed by atoms with Gasteiger partial charge in [-0.2, -0.15) is 0 Å². The molecular formula is C9H16N3O. The maximum atomic E-state index is 11.4. The van der Waals surface area contributed by atoms with E-state index in [-0.39, 0.29) is 6.03 Å². The second-order valence-electron chi connectivity index (χ2n) is 3.69. The zero-order valence-electron chi connectivity index (χ0n) is 7.83. The number of nitrogens with one attached hydrogen (secondary N) is 1. The summed E-state index contributed by atoms with van der Waals surface area (Å²) < 4.78 is 0. The van der Waals surface area contributed by atoms with Crippen molar-refractivity contribution >= 4 is 6.03 Å². The minimum absolute atomic E-state index is 0.0122. The molecule has 13 heavy (non-hydrogen) atoms. The van der Waals surface area contributed by atoms with Crippen LogP contribution in [-0.4, -0.2) is 43.2 Å². The van der Waals surface area contributed by atoms with E-state index in [4.69, 9.17) is 0 Å². The first-order chi connectivity index (χ1) is 6.38. The number of piperidine rings is 1. The minimum Gasteiger partial charge on any atom is -0.320 e. The van der Waals surface area contributed by atoms with Crippen molar-refractivity contribution in [3.05, 3.63) is 0 Å². The third kappa shape index (κ3) is 1.94. The minimum atomic E-state index is 0.0122. The maximum Gasteiger partial charge on any atom is 0.339 e. The fraction of sp³-hybridized carbons (Fsp3) is 0.889. The largest absolute Gasteiger partial charge is 0.339 e. The van der Waals surface area contributed by atoms with Gasteiger partial charge >= 0.3 is 6.03 Å². The lowest BCUT2D eigenvalue weighted by molar-refractivity contribution is 0.145. The standard InChI is InChI=1S/C9H16N3O/c13-9-11-4-1-7-12(9)8-2-5-10-6-3-8/h8,10H,1-7H2. The van der Waals surface area contributed by atoms with Crippen LogP contribution in [0, 0.1) is 0 Å². The van der Waals surface area contributed by atoms with E-state index in [9.17, 15) is 4.79 Å². The first kappa shape index (κ1) is 8.81. The molecule has 2 aliphatic rings. The van der Waals surface area contributed by atoms with Crippen molar-refractivity contribution in [1.82, 2.24) is 15.5 Å². The van der Waals surface area contributed by atoms with Crippen molar-refractivity contribution in [2.75, 3.05) is 26.2 Å². The van der Waals surface area contributed by atoms with Gasteiger partial charge in [0.25, 0.3) is 0 Å². The van der Waals surface area contributed by atoms with E-state index in [1.54, 1.807) is 0 Å². The Bertz CT molecular complexity index is 189. The summed E-state index contributed by atoms with van der Waals surface area (Å²) in [7, 11) is 0. The molecule has 0 aromatic carbocycles. The molecule has 0 aliphatic carbocycles. The van der Waals surface area contributed by atoms with E-state index in [1.807, 2.05) is 4.90 Å². The van der Waals surface area contributed by atoms with Gasteiger partial charge in [0, 0.05) is 19.1 Å². The van der Waals surface area contributed by atoms with Crippen molar-refractivity contribution in [1.29, 1.82) is 0 Å². The average Bonchev–Trinajstić information content (AvgIpc) is 2.20. The molecule has 4 heteroatoms. The summed E-state index contributed by atoms with van der Waals surface area (Å²) in [6.45, 7) is 3.70. The van der Waals surface area contributed by atoms with Crippen LogP contribution in [0.3, 0.4) is 0 Å². The maximum absolute atomic E-state index is 11.4. The van der Waals surface area contributed by atoms with Crippen LogP contribution >= 0.6 is 0 Å². The van der Waals surface area contributed by atoms with Gasteiger partial charge in [0.2, 0.25) is 0 Å². The van der Waals surface area contributed by atoms with Gasteiger partial charge < -0.3 is 10.2 Å². The summed E-state index contributed by atoms with van der Waals surface area (Å²) in [6, 6.07) is 0.455. The fourth-order valence-electron chi connectivity index (χ4n) is 2.06. The van der Waals surface area contributed by atoms with Crippen LogP contribution in [0.2, 0.25) is 0 Å². The third-order valence-electron chi connectivity index (χ3n) is 2.80. The molecule has 4 nitrogen and oxygen atoms in total. The van der Waals surface area contributed by atoms with E-state index < -0.39 is 0 Å². The number of nitrogens with zero attached hydrogens (tertiary/aromatic N) is 2. The van der Waals surface area contributed by atoms with Crippen LogP contribution in [0.4, 0.5) is 4.79 Å². The molecule has 0 bridgehead atoms. The molecule has 0 unspecified atom stereocenters.